The molecule has 4 heteroatoms. The van der Waals surface area contributed by atoms with Crippen LogP contribution in [0, 0.1) is 0 Å². The van der Waals surface area contributed by atoms with Crippen molar-refractivity contribution in [1.82, 2.24) is 10.3 Å². The molecule has 1 aromatic rings. The normalized spacial score (nSPS) is 12.1. The average molecular weight is 165 g/mol. The molecular weight excluding hydrogens is 154 g/mol. The molecule has 3 N–H and O–H groups in total. The summed E-state index contributed by atoms with van der Waals surface area (Å²) in [7, 11) is 0. The first-order valence-corrected chi connectivity index (χ1v) is 3.66. The molecule has 2 amide bonds. The van der Waals surface area contributed by atoms with E-state index in [4.69, 9.17) is 5.73 Å². The molecule has 0 bridgehead atoms. The fourth-order valence-electron chi connectivity index (χ4n) is 0.949. The number of carbonyl (C=O) groups excluding carboxylic acids is 1. The molecule has 4 nitrogen and oxygen atoms in total. The first-order chi connectivity index (χ1) is 5.70. The summed E-state index contributed by atoms with van der Waals surface area (Å²) in [6, 6.07) is 3.09. The van der Waals surface area contributed by atoms with Gasteiger partial charge in [-0.2, -0.15) is 0 Å². The highest BCUT2D eigenvalue weighted by Crippen LogP contribution is 2.08. The third-order valence-corrected chi connectivity index (χ3v) is 1.56. The highest BCUT2D eigenvalue weighted by atomic mass is 16.2. The minimum absolute atomic E-state index is 0.0644. The molecule has 0 radical (unpaired) electrons. The molecule has 0 saturated carbocycles. The van der Waals surface area contributed by atoms with Gasteiger partial charge in [0.05, 0.1) is 6.04 Å². The number of carbonyl (C=O) groups is 1. The number of urea groups is 1. The highest BCUT2D eigenvalue weighted by Gasteiger charge is 2.04. The Bertz CT molecular complexity index is 260. The van der Waals surface area contributed by atoms with Crippen molar-refractivity contribution in [1.29, 1.82) is 0 Å². The van der Waals surface area contributed by atoms with E-state index in [2.05, 4.69) is 10.3 Å². The van der Waals surface area contributed by atoms with Crippen molar-refractivity contribution in [3.8, 4) is 0 Å². The van der Waals surface area contributed by atoms with Crippen molar-refractivity contribution in [2.24, 2.45) is 5.73 Å². The Kier molecular flexibility index (Phi) is 2.63. The van der Waals surface area contributed by atoms with Crippen molar-refractivity contribution < 1.29 is 4.79 Å². The summed E-state index contributed by atoms with van der Waals surface area (Å²) in [6.45, 7) is 1.86. The number of hydrogen-bond acceptors (Lipinski definition) is 2. The van der Waals surface area contributed by atoms with Gasteiger partial charge in [0, 0.05) is 12.4 Å². The zero-order valence-corrected chi connectivity index (χ0v) is 6.82. The molecule has 0 fully saturated rings. The minimum atomic E-state index is -0.515. The molecule has 0 aliphatic carbocycles. The summed E-state index contributed by atoms with van der Waals surface area (Å²) in [6.07, 6.45) is 3.35. The fraction of sp³-hybridized carbons (Fsp3) is 0.250. The number of hydrogen-bond donors (Lipinski definition) is 2. The van der Waals surface area contributed by atoms with Crippen LogP contribution >= 0.6 is 0 Å². The van der Waals surface area contributed by atoms with Crippen LogP contribution in [0.3, 0.4) is 0 Å². The summed E-state index contributed by atoms with van der Waals surface area (Å²) < 4.78 is 0. The van der Waals surface area contributed by atoms with E-state index in [1.165, 1.54) is 0 Å². The summed E-state index contributed by atoms with van der Waals surface area (Å²) in [5, 5.41) is 2.57. The monoisotopic (exact) mass is 165 g/mol. The molecule has 1 unspecified atom stereocenters. The van der Waals surface area contributed by atoms with Gasteiger partial charge in [0.15, 0.2) is 0 Å². The van der Waals surface area contributed by atoms with Crippen LogP contribution in [0.5, 0.6) is 0 Å². The van der Waals surface area contributed by atoms with Crippen LogP contribution in [-0.4, -0.2) is 11.0 Å². The van der Waals surface area contributed by atoms with E-state index in [-0.39, 0.29) is 6.04 Å². The quantitative estimate of drug-likeness (QED) is 0.681. The summed E-state index contributed by atoms with van der Waals surface area (Å²) in [4.78, 5) is 14.3. The number of amides is 2. The van der Waals surface area contributed by atoms with Crippen LogP contribution in [0.25, 0.3) is 0 Å². The van der Waals surface area contributed by atoms with Crippen molar-refractivity contribution in [2.75, 3.05) is 0 Å². The van der Waals surface area contributed by atoms with Crippen LogP contribution in [0.15, 0.2) is 24.5 Å². The SMILES string of the molecule is CC(NC(N)=O)c1ccncc1. The predicted molar refractivity (Wildman–Crippen MR) is 45.4 cm³/mol. The maximum atomic E-state index is 10.5. The molecule has 0 saturated heterocycles. The molecule has 0 spiro atoms. The Morgan fingerprint density at radius 1 is 1.58 bits per heavy atom. The third-order valence-electron chi connectivity index (χ3n) is 1.56. The van der Waals surface area contributed by atoms with Crippen LogP contribution in [0.2, 0.25) is 0 Å². The van der Waals surface area contributed by atoms with Crippen LogP contribution in [-0.2, 0) is 0 Å². The molecular formula is C8H11N3O. The van der Waals surface area contributed by atoms with Gasteiger partial charge in [-0.05, 0) is 24.6 Å². The van der Waals surface area contributed by atoms with Gasteiger partial charge in [-0.1, -0.05) is 0 Å². The molecule has 12 heavy (non-hydrogen) atoms. The predicted octanol–water partition coefficient (Wildman–Crippen LogP) is 0.811. The van der Waals surface area contributed by atoms with Gasteiger partial charge in [-0.25, -0.2) is 4.79 Å². The summed E-state index contributed by atoms with van der Waals surface area (Å²) in [5.41, 5.74) is 5.95. The number of nitrogens with two attached hydrogens (primary N) is 1. The van der Waals surface area contributed by atoms with E-state index < -0.39 is 6.03 Å². The van der Waals surface area contributed by atoms with Gasteiger partial charge in [0.1, 0.15) is 0 Å². The molecule has 1 rings (SSSR count). The molecule has 0 aliphatic heterocycles. The molecule has 0 aromatic carbocycles. The molecule has 0 aliphatic rings. The van der Waals surface area contributed by atoms with Crippen LogP contribution in [0.4, 0.5) is 4.79 Å². The molecule has 1 heterocycles. The van der Waals surface area contributed by atoms with Gasteiger partial charge < -0.3 is 11.1 Å². The zero-order valence-electron chi connectivity index (χ0n) is 6.82. The van der Waals surface area contributed by atoms with Crippen molar-refractivity contribution in [3.63, 3.8) is 0 Å². The largest absolute Gasteiger partial charge is 0.352 e. The molecule has 64 valence electrons. The Labute approximate surface area is 70.8 Å². The number of primary amides is 1. The fourth-order valence-corrected chi connectivity index (χ4v) is 0.949. The first kappa shape index (κ1) is 8.52. The Morgan fingerprint density at radius 2 is 2.17 bits per heavy atom. The van der Waals surface area contributed by atoms with E-state index in [1.54, 1.807) is 12.4 Å². The Morgan fingerprint density at radius 3 is 2.67 bits per heavy atom. The third kappa shape index (κ3) is 2.23. The number of pyridine rings is 1. The summed E-state index contributed by atoms with van der Waals surface area (Å²) in [5.74, 6) is 0. The van der Waals surface area contributed by atoms with Crippen molar-refractivity contribution in [3.05, 3.63) is 30.1 Å². The lowest BCUT2D eigenvalue weighted by molar-refractivity contribution is 0.246. The van der Waals surface area contributed by atoms with E-state index in [1.807, 2.05) is 19.1 Å². The van der Waals surface area contributed by atoms with Gasteiger partial charge in [0.25, 0.3) is 0 Å². The molecule has 1 aromatic heterocycles. The smallest absolute Gasteiger partial charge is 0.312 e. The lowest BCUT2D eigenvalue weighted by atomic mass is 10.1. The van der Waals surface area contributed by atoms with Gasteiger partial charge >= 0.3 is 6.03 Å². The standard InChI is InChI=1S/C8H11N3O/c1-6(11-8(9)12)7-2-4-10-5-3-7/h2-6H,1H3,(H3,9,11,12). The number of aromatic nitrogens is 1. The highest BCUT2D eigenvalue weighted by molar-refractivity contribution is 5.72. The lowest BCUT2D eigenvalue weighted by Crippen LogP contribution is -2.31. The average Bonchev–Trinajstić information content (AvgIpc) is 2.05. The Hall–Kier alpha value is -1.58. The maximum absolute atomic E-state index is 10.5. The second-order valence-electron chi connectivity index (χ2n) is 2.51. The summed E-state index contributed by atoms with van der Waals surface area (Å²) >= 11 is 0. The molecule has 1 atom stereocenters. The Balaban J connectivity index is 2.65. The van der Waals surface area contributed by atoms with Gasteiger partial charge in [-0.3, -0.25) is 4.98 Å². The van der Waals surface area contributed by atoms with E-state index in [9.17, 15) is 4.79 Å². The van der Waals surface area contributed by atoms with E-state index >= 15 is 0 Å². The van der Waals surface area contributed by atoms with Gasteiger partial charge in [-0.15, -0.1) is 0 Å². The second-order valence-corrected chi connectivity index (χ2v) is 2.51. The van der Waals surface area contributed by atoms with Crippen molar-refractivity contribution in [2.45, 2.75) is 13.0 Å². The van der Waals surface area contributed by atoms with Crippen LogP contribution in [0.1, 0.15) is 18.5 Å². The maximum Gasteiger partial charge on any atom is 0.312 e. The minimum Gasteiger partial charge on any atom is -0.352 e. The lowest BCUT2D eigenvalue weighted by Gasteiger charge is -2.11. The van der Waals surface area contributed by atoms with Crippen LogP contribution < -0.4 is 11.1 Å². The van der Waals surface area contributed by atoms with E-state index in [0.29, 0.717) is 0 Å². The topological polar surface area (TPSA) is 68.0 Å². The van der Waals surface area contributed by atoms with Crippen molar-refractivity contribution >= 4 is 6.03 Å². The number of nitrogens with zero attached hydrogens (tertiary/aromatic N) is 1. The first-order valence-electron chi connectivity index (χ1n) is 3.66. The van der Waals surface area contributed by atoms with Gasteiger partial charge in [0.2, 0.25) is 0 Å². The number of nitrogens with one attached hydrogen (secondary N) is 1. The number of rotatable bonds is 2. The second kappa shape index (κ2) is 3.71. The van der Waals surface area contributed by atoms with E-state index in [0.717, 1.165) is 5.56 Å². The zero-order chi connectivity index (χ0) is 8.97.